The molecular weight excluding hydrogens is 338 g/mol. The molecule has 0 unspecified atom stereocenters. The van der Waals surface area contributed by atoms with E-state index in [9.17, 15) is 4.79 Å². The first-order valence-corrected chi connectivity index (χ1v) is 9.60. The molecule has 1 amide bonds. The van der Waals surface area contributed by atoms with Gasteiger partial charge in [0.15, 0.2) is 5.65 Å². The van der Waals surface area contributed by atoms with Crippen molar-refractivity contribution in [2.45, 2.75) is 33.4 Å². The lowest BCUT2D eigenvalue weighted by Gasteiger charge is -2.28. The molecular formula is C21H25N5O. The fourth-order valence-corrected chi connectivity index (χ4v) is 3.69. The van der Waals surface area contributed by atoms with Crippen LogP contribution >= 0.6 is 0 Å². The van der Waals surface area contributed by atoms with Gasteiger partial charge in [-0.15, -0.1) is 0 Å². The molecule has 0 fully saturated rings. The summed E-state index contributed by atoms with van der Waals surface area (Å²) >= 11 is 0. The van der Waals surface area contributed by atoms with E-state index in [0.717, 1.165) is 38.2 Å². The zero-order valence-corrected chi connectivity index (χ0v) is 15.9. The first-order valence-electron chi connectivity index (χ1n) is 9.60. The van der Waals surface area contributed by atoms with Gasteiger partial charge in [-0.3, -0.25) is 9.69 Å². The smallest absolute Gasteiger partial charge is 0.259 e. The van der Waals surface area contributed by atoms with Crippen molar-refractivity contribution in [3.8, 4) is 0 Å². The normalized spacial score (nSPS) is 14.0. The molecule has 1 aliphatic rings. The van der Waals surface area contributed by atoms with Gasteiger partial charge in [0.25, 0.3) is 5.91 Å². The zero-order chi connectivity index (χ0) is 18.8. The summed E-state index contributed by atoms with van der Waals surface area (Å²) in [4.78, 5) is 21.8. The van der Waals surface area contributed by atoms with Crippen molar-refractivity contribution in [2.75, 3.05) is 19.6 Å². The quantitative estimate of drug-likeness (QED) is 0.699. The lowest BCUT2D eigenvalue weighted by molar-refractivity contribution is 0.0736. The second-order valence-electron chi connectivity index (χ2n) is 7.00. The maximum absolute atomic E-state index is 13.1. The van der Waals surface area contributed by atoms with Crippen molar-refractivity contribution in [3.05, 3.63) is 65.1 Å². The fourth-order valence-electron chi connectivity index (χ4n) is 3.69. The van der Waals surface area contributed by atoms with Gasteiger partial charge in [0.2, 0.25) is 0 Å². The Hall–Kier alpha value is -2.73. The molecule has 1 aromatic carbocycles. The van der Waals surface area contributed by atoms with Gasteiger partial charge in [-0.05, 0) is 30.6 Å². The van der Waals surface area contributed by atoms with E-state index in [2.05, 4.69) is 47.0 Å². The number of hydrogen-bond acceptors (Lipinski definition) is 4. The number of hydrogen-bond donors (Lipinski definition) is 0. The maximum Gasteiger partial charge on any atom is 0.259 e. The van der Waals surface area contributed by atoms with Gasteiger partial charge in [0, 0.05) is 37.6 Å². The largest absolute Gasteiger partial charge is 0.334 e. The molecule has 6 heteroatoms. The third kappa shape index (κ3) is 3.45. The van der Waals surface area contributed by atoms with Gasteiger partial charge in [-0.1, -0.05) is 38.1 Å². The maximum atomic E-state index is 13.1. The van der Waals surface area contributed by atoms with Crippen LogP contribution in [0, 0.1) is 0 Å². The van der Waals surface area contributed by atoms with Crippen LogP contribution < -0.4 is 0 Å². The van der Waals surface area contributed by atoms with Crippen LogP contribution in [0.5, 0.6) is 0 Å². The van der Waals surface area contributed by atoms with Gasteiger partial charge in [0.05, 0.1) is 6.20 Å². The number of amides is 1. The number of carbonyl (C=O) groups excluding carboxylic acids is 1. The van der Waals surface area contributed by atoms with Crippen molar-refractivity contribution < 1.29 is 4.79 Å². The Morgan fingerprint density at radius 3 is 2.70 bits per heavy atom. The lowest BCUT2D eigenvalue weighted by atomic mass is 9.99. The van der Waals surface area contributed by atoms with Gasteiger partial charge < -0.3 is 4.90 Å². The predicted octanol–water partition coefficient (Wildman–Crippen LogP) is 2.77. The van der Waals surface area contributed by atoms with E-state index < -0.39 is 0 Å². The monoisotopic (exact) mass is 363 g/mol. The predicted molar refractivity (Wildman–Crippen MR) is 104 cm³/mol. The number of nitrogens with zero attached hydrogens (tertiary/aromatic N) is 5. The molecule has 0 atom stereocenters. The summed E-state index contributed by atoms with van der Waals surface area (Å²) in [6.07, 6.45) is 6.37. The number of rotatable bonds is 5. The van der Waals surface area contributed by atoms with Crippen LogP contribution in [0.1, 0.15) is 40.9 Å². The Bertz CT molecular complexity index is 960. The van der Waals surface area contributed by atoms with Crippen LogP contribution in [-0.2, 0) is 19.5 Å². The molecule has 3 heterocycles. The van der Waals surface area contributed by atoms with E-state index in [1.54, 1.807) is 10.7 Å². The van der Waals surface area contributed by atoms with E-state index in [0.29, 0.717) is 17.8 Å². The second-order valence-corrected chi connectivity index (χ2v) is 7.00. The highest BCUT2D eigenvalue weighted by Crippen LogP contribution is 2.21. The Kier molecular flexibility index (Phi) is 4.90. The molecule has 4 rings (SSSR count). The molecule has 0 bridgehead atoms. The van der Waals surface area contributed by atoms with Crippen LogP contribution in [0.2, 0.25) is 0 Å². The summed E-state index contributed by atoms with van der Waals surface area (Å²) in [7, 11) is 0. The minimum absolute atomic E-state index is 0.00324. The highest BCUT2D eigenvalue weighted by Gasteiger charge is 2.24. The zero-order valence-electron chi connectivity index (χ0n) is 15.9. The molecule has 1 aliphatic heterocycles. The molecule has 140 valence electrons. The van der Waals surface area contributed by atoms with E-state index >= 15 is 0 Å². The molecule has 0 spiro atoms. The van der Waals surface area contributed by atoms with Crippen molar-refractivity contribution in [2.24, 2.45) is 0 Å². The standard InChI is InChI=1S/C21H25N5O/c1-3-24(4-2)13-16-11-22-20-19(12-23-26(20)14-16)21(27)25-10-9-17-7-5-6-8-18(17)15-25/h5-8,11-12,14H,3-4,9-10,13,15H2,1-2H3. The number of aromatic nitrogens is 3. The molecule has 6 nitrogen and oxygen atoms in total. The number of benzene rings is 1. The molecule has 0 N–H and O–H groups in total. The molecule has 2 aromatic heterocycles. The Morgan fingerprint density at radius 2 is 1.93 bits per heavy atom. The van der Waals surface area contributed by atoms with Gasteiger partial charge in [0.1, 0.15) is 5.56 Å². The van der Waals surface area contributed by atoms with Crippen LogP contribution in [0.4, 0.5) is 0 Å². The third-order valence-electron chi connectivity index (χ3n) is 5.36. The van der Waals surface area contributed by atoms with E-state index in [4.69, 9.17) is 0 Å². The van der Waals surface area contributed by atoms with E-state index in [1.807, 2.05) is 23.4 Å². The minimum atomic E-state index is 0.00324. The third-order valence-corrected chi connectivity index (χ3v) is 5.36. The number of fused-ring (bicyclic) bond motifs is 2. The first-order chi connectivity index (χ1) is 13.2. The highest BCUT2D eigenvalue weighted by molar-refractivity contribution is 5.99. The number of carbonyl (C=O) groups is 1. The average Bonchev–Trinajstić information content (AvgIpc) is 3.14. The summed E-state index contributed by atoms with van der Waals surface area (Å²) in [5.41, 5.74) is 4.86. The minimum Gasteiger partial charge on any atom is -0.334 e. The average molecular weight is 363 g/mol. The van der Waals surface area contributed by atoms with E-state index in [-0.39, 0.29) is 5.91 Å². The Morgan fingerprint density at radius 1 is 1.15 bits per heavy atom. The summed E-state index contributed by atoms with van der Waals surface area (Å²) in [6.45, 7) is 8.50. The van der Waals surface area contributed by atoms with Crippen LogP contribution in [-0.4, -0.2) is 49.9 Å². The van der Waals surface area contributed by atoms with Crippen molar-refractivity contribution in [1.29, 1.82) is 0 Å². The van der Waals surface area contributed by atoms with Gasteiger partial charge >= 0.3 is 0 Å². The molecule has 0 aliphatic carbocycles. The van der Waals surface area contributed by atoms with Crippen LogP contribution in [0.25, 0.3) is 5.65 Å². The van der Waals surface area contributed by atoms with Crippen molar-refractivity contribution in [1.82, 2.24) is 24.4 Å². The first kappa shape index (κ1) is 17.7. The summed E-state index contributed by atoms with van der Waals surface area (Å²) < 4.78 is 1.73. The summed E-state index contributed by atoms with van der Waals surface area (Å²) in [5, 5.41) is 4.39. The molecule has 27 heavy (non-hydrogen) atoms. The van der Waals surface area contributed by atoms with Crippen LogP contribution in [0.3, 0.4) is 0 Å². The Labute approximate surface area is 159 Å². The van der Waals surface area contributed by atoms with Gasteiger partial charge in [-0.2, -0.15) is 5.10 Å². The highest BCUT2D eigenvalue weighted by atomic mass is 16.2. The molecule has 0 radical (unpaired) electrons. The lowest BCUT2D eigenvalue weighted by Crippen LogP contribution is -2.35. The van der Waals surface area contributed by atoms with Crippen molar-refractivity contribution in [3.63, 3.8) is 0 Å². The van der Waals surface area contributed by atoms with Crippen molar-refractivity contribution >= 4 is 11.6 Å². The Balaban J connectivity index is 1.56. The molecule has 3 aromatic rings. The summed E-state index contributed by atoms with van der Waals surface area (Å²) in [6, 6.07) is 8.33. The van der Waals surface area contributed by atoms with Crippen LogP contribution in [0.15, 0.2) is 42.9 Å². The molecule has 0 saturated heterocycles. The topological polar surface area (TPSA) is 53.7 Å². The van der Waals surface area contributed by atoms with E-state index in [1.165, 1.54) is 11.1 Å². The fraction of sp³-hybridized carbons (Fsp3) is 0.381. The van der Waals surface area contributed by atoms with Gasteiger partial charge in [-0.25, -0.2) is 9.50 Å². The summed E-state index contributed by atoms with van der Waals surface area (Å²) in [5.74, 6) is 0.00324. The second kappa shape index (κ2) is 7.48. The SMILES string of the molecule is CCN(CC)Cc1cnc2c(C(=O)N3CCc4ccccc4C3)cnn2c1. The molecule has 0 saturated carbocycles.